The lowest BCUT2D eigenvalue weighted by Gasteiger charge is -2.23. The fraction of sp³-hybridized carbons (Fsp3) is 0.857. The Morgan fingerprint density at radius 1 is 1.38 bits per heavy atom. The first-order valence-electron chi connectivity index (χ1n) is 6.88. The first-order valence-corrected chi connectivity index (χ1v) is 6.88. The van der Waals surface area contributed by atoms with Gasteiger partial charge in [0.1, 0.15) is 0 Å². The summed E-state index contributed by atoms with van der Waals surface area (Å²) in [5.41, 5.74) is 0. The summed E-state index contributed by atoms with van der Waals surface area (Å²) >= 11 is 0. The van der Waals surface area contributed by atoms with Gasteiger partial charge in [0, 0.05) is 12.6 Å². The van der Waals surface area contributed by atoms with Gasteiger partial charge in [-0.3, -0.25) is 0 Å². The number of nitrogens with zero attached hydrogens (tertiary/aromatic N) is 1. The Morgan fingerprint density at radius 2 is 2.12 bits per heavy atom. The second-order valence-corrected chi connectivity index (χ2v) is 4.90. The minimum Gasteiger partial charge on any atom is -0.313 e. The van der Waals surface area contributed by atoms with Gasteiger partial charge in [0.15, 0.2) is 0 Å². The van der Waals surface area contributed by atoms with Gasteiger partial charge in [-0.2, -0.15) is 0 Å². The molecule has 16 heavy (non-hydrogen) atoms. The normalized spacial score (nSPS) is 21.9. The standard InChI is InChI=1S/C14H28N2/c1-4-16(5-2)12-13(3)15-11-10-14-8-6-7-9-14/h6,8,13-15H,4-5,7,9-12H2,1-3H3. The lowest BCUT2D eigenvalue weighted by Crippen LogP contribution is -2.39. The van der Waals surface area contributed by atoms with E-state index < -0.39 is 0 Å². The van der Waals surface area contributed by atoms with Gasteiger partial charge in [0.05, 0.1) is 0 Å². The average molecular weight is 224 g/mol. The van der Waals surface area contributed by atoms with E-state index in [4.69, 9.17) is 0 Å². The maximum absolute atomic E-state index is 3.63. The fourth-order valence-electron chi connectivity index (χ4n) is 2.38. The Hall–Kier alpha value is -0.340. The fourth-order valence-corrected chi connectivity index (χ4v) is 2.38. The molecule has 0 bridgehead atoms. The van der Waals surface area contributed by atoms with E-state index in [9.17, 15) is 0 Å². The molecular formula is C14H28N2. The number of hydrogen-bond acceptors (Lipinski definition) is 2. The topological polar surface area (TPSA) is 15.3 Å². The van der Waals surface area contributed by atoms with Gasteiger partial charge in [-0.1, -0.05) is 26.0 Å². The highest BCUT2D eigenvalue weighted by Gasteiger charge is 2.10. The Morgan fingerprint density at radius 3 is 2.69 bits per heavy atom. The summed E-state index contributed by atoms with van der Waals surface area (Å²) in [5.74, 6) is 0.841. The van der Waals surface area contributed by atoms with Crippen LogP contribution in [0.5, 0.6) is 0 Å². The van der Waals surface area contributed by atoms with Crippen molar-refractivity contribution in [3.63, 3.8) is 0 Å². The van der Waals surface area contributed by atoms with Crippen molar-refractivity contribution in [3.8, 4) is 0 Å². The zero-order valence-electron chi connectivity index (χ0n) is 11.2. The van der Waals surface area contributed by atoms with Crippen molar-refractivity contribution in [2.24, 2.45) is 5.92 Å². The summed E-state index contributed by atoms with van der Waals surface area (Å²) in [5, 5.41) is 3.63. The van der Waals surface area contributed by atoms with Crippen LogP contribution in [0.25, 0.3) is 0 Å². The summed E-state index contributed by atoms with van der Waals surface area (Å²) in [6.45, 7) is 11.4. The molecule has 2 atom stereocenters. The number of hydrogen-bond donors (Lipinski definition) is 1. The minimum absolute atomic E-state index is 0.616. The number of likely N-dealkylation sites (N-methyl/N-ethyl adjacent to an activating group) is 1. The molecule has 0 fully saturated rings. The molecule has 0 aromatic carbocycles. The molecule has 1 rings (SSSR count). The molecule has 2 unspecified atom stereocenters. The molecule has 0 radical (unpaired) electrons. The molecule has 1 aliphatic carbocycles. The van der Waals surface area contributed by atoms with Crippen molar-refractivity contribution in [2.45, 2.75) is 46.1 Å². The van der Waals surface area contributed by atoms with Crippen LogP contribution in [0, 0.1) is 5.92 Å². The first kappa shape index (κ1) is 13.7. The second-order valence-electron chi connectivity index (χ2n) is 4.90. The molecule has 2 nitrogen and oxygen atoms in total. The quantitative estimate of drug-likeness (QED) is 0.638. The van der Waals surface area contributed by atoms with Gasteiger partial charge in [-0.15, -0.1) is 0 Å². The van der Waals surface area contributed by atoms with Crippen LogP contribution < -0.4 is 5.32 Å². The number of nitrogens with one attached hydrogen (secondary N) is 1. The van der Waals surface area contributed by atoms with Crippen molar-refractivity contribution in [1.82, 2.24) is 10.2 Å². The lowest BCUT2D eigenvalue weighted by molar-refractivity contribution is 0.270. The van der Waals surface area contributed by atoms with Gasteiger partial charge in [-0.25, -0.2) is 0 Å². The summed E-state index contributed by atoms with van der Waals surface area (Å²) in [7, 11) is 0. The maximum Gasteiger partial charge on any atom is 0.0166 e. The monoisotopic (exact) mass is 224 g/mol. The molecule has 0 saturated heterocycles. The predicted octanol–water partition coefficient (Wildman–Crippen LogP) is 2.66. The van der Waals surface area contributed by atoms with Gasteiger partial charge in [0.2, 0.25) is 0 Å². The highest BCUT2D eigenvalue weighted by Crippen LogP contribution is 2.19. The van der Waals surface area contributed by atoms with E-state index in [1.165, 1.54) is 25.8 Å². The second kappa shape index (κ2) is 7.86. The van der Waals surface area contributed by atoms with E-state index >= 15 is 0 Å². The Balaban J connectivity index is 2.05. The molecular weight excluding hydrogens is 196 g/mol. The summed E-state index contributed by atoms with van der Waals surface area (Å²) in [4.78, 5) is 2.48. The third-order valence-electron chi connectivity index (χ3n) is 3.55. The maximum atomic E-state index is 3.63. The van der Waals surface area contributed by atoms with Crippen LogP contribution in [0.1, 0.15) is 40.0 Å². The van der Waals surface area contributed by atoms with Crippen molar-refractivity contribution in [2.75, 3.05) is 26.2 Å². The van der Waals surface area contributed by atoms with Crippen LogP contribution in [-0.4, -0.2) is 37.1 Å². The summed E-state index contributed by atoms with van der Waals surface area (Å²) < 4.78 is 0. The molecule has 2 heteroatoms. The molecule has 0 aliphatic heterocycles. The minimum atomic E-state index is 0.616. The van der Waals surface area contributed by atoms with E-state index in [-0.39, 0.29) is 0 Å². The van der Waals surface area contributed by atoms with Gasteiger partial charge in [-0.05, 0) is 51.7 Å². The molecule has 94 valence electrons. The van der Waals surface area contributed by atoms with Crippen LogP contribution in [0.4, 0.5) is 0 Å². The molecule has 0 aromatic heterocycles. The molecule has 1 N–H and O–H groups in total. The van der Waals surface area contributed by atoms with E-state index in [2.05, 4.69) is 43.1 Å². The van der Waals surface area contributed by atoms with Crippen molar-refractivity contribution >= 4 is 0 Å². The highest BCUT2D eigenvalue weighted by molar-refractivity contribution is 4.96. The van der Waals surface area contributed by atoms with Gasteiger partial charge in [0.25, 0.3) is 0 Å². The Kier molecular flexibility index (Phi) is 6.74. The molecule has 0 saturated carbocycles. The Labute approximate surface area is 101 Å². The van der Waals surface area contributed by atoms with Gasteiger partial charge >= 0.3 is 0 Å². The Bertz CT molecular complexity index is 197. The van der Waals surface area contributed by atoms with E-state index in [1.807, 2.05) is 0 Å². The van der Waals surface area contributed by atoms with Crippen molar-refractivity contribution in [1.29, 1.82) is 0 Å². The van der Waals surface area contributed by atoms with Crippen LogP contribution >= 0.6 is 0 Å². The van der Waals surface area contributed by atoms with E-state index in [0.717, 1.165) is 25.6 Å². The third kappa shape index (κ3) is 5.13. The lowest BCUT2D eigenvalue weighted by atomic mass is 10.1. The zero-order valence-corrected chi connectivity index (χ0v) is 11.2. The average Bonchev–Trinajstić information content (AvgIpc) is 2.79. The number of allylic oxidation sites excluding steroid dienone is 2. The van der Waals surface area contributed by atoms with Crippen molar-refractivity contribution in [3.05, 3.63) is 12.2 Å². The molecule has 0 amide bonds. The largest absolute Gasteiger partial charge is 0.313 e. The van der Waals surface area contributed by atoms with E-state index in [0.29, 0.717) is 6.04 Å². The third-order valence-corrected chi connectivity index (χ3v) is 3.55. The molecule has 0 heterocycles. The zero-order chi connectivity index (χ0) is 11.8. The first-order chi connectivity index (χ1) is 7.76. The van der Waals surface area contributed by atoms with Crippen LogP contribution in [0.2, 0.25) is 0 Å². The van der Waals surface area contributed by atoms with Gasteiger partial charge < -0.3 is 10.2 Å². The predicted molar refractivity (Wildman–Crippen MR) is 71.7 cm³/mol. The summed E-state index contributed by atoms with van der Waals surface area (Å²) in [6, 6.07) is 0.616. The molecule has 0 spiro atoms. The summed E-state index contributed by atoms with van der Waals surface area (Å²) in [6.07, 6.45) is 8.67. The number of rotatable bonds is 8. The molecule has 0 aromatic rings. The van der Waals surface area contributed by atoms with Crippen molar-refractivity contribution < 1.29 is 0 Å². The van der Waals surface area contributed by atoms with Crippen LogP contribution in [0.3, 0.4) is 0 Å². The van der Waals surface area contributed by atoms with Crippen LogP contribution in [-0.2, 0) is 0 Å². The smallest absolute Gasteiger partial charge is 0.0166 e. The molecule has 1 aliphatic rings. The van der Waals surface area contributed by atoms with E-state index in [1.54, 1.807) is 0 Å². The SMILES string of the molecule is CCN(CC)CC(C)NCCC1C=CCC1. The highest BCUT2D eigenvalue weighted by atomic mass is 15.1. The van der Waals surface area contributed by atoms with Crippen LogP contribution in [0.15, 0.2) is 12.2 Å².